The van der Waals surface area contributed by atoms with Crippen molar-refractivity contribution in [2.24, 2.45) is 5.41 Å². The SMILES string of the molecule is Cc1cc(O)ccc1NC1CCCCC1(C)C. The summed E-state index contributed by atoms with van der Waals surface area (Å²) >= 11 is 0. The maximum atomic E-state index is 9.42. The van der Waals surface area contributed by atoms with Crippen LogP contribution in [0.1, 0.15) is 45.1 Å². The van der Waals surface area contributed by atoms with Crippen LogP contribution in [0.4, 0.5) is 5.69 Å². The molecule has 0 aromatic heterocycles. The van der Waals surface area contributed by atoms with E-state index in [1.807, 2.05) is 19.1 Å². The molecule has 0 amide bonds. The molecule has 0 radical (unpaired) electrons. The quantitative estimate of drug-likeness (QED) is 0.754. The van der Waals surface area contributed by atoms with Crippen LogP contribution < -0.4 is 5.32 Å². The second-order valence-electron chi connectivity index (χ2n) is 5.93. The van der Waals surface area contributed by atoms with Gasteiger partial charge in [-0.05, 0) is 48.9 Å². The highest BCUT2D eigenvalue weighted by Gasteiger charge is 2.32. The molecule has 1 aliphatic carbocycles. The van der Waals surface area contributed by atoms with E-state index in [0.29, 0.717) is 17.2 Å². The standard InChI is InChI=1S/C15H23NO/c1-11-10-12(17)7-8-13(11)16-14-6-4-5-9-15(14,2)3/h7-8,10,14,16-17H,4-6,9H2,1-3H3. The molecule has 1 aromatic rings. The van der Waals surface area contributed by atoms with E-state index in [1.165, 1.54) is 25.7 Å². The summed E-state index contributed by atoms with van der Waals surface area (Å²) in [6, 6.07) is 6.10. The molecule has 1 unspecified atom stereocenters. The summed E-state index contributed by atoms with van der Waals surface area (Å²) in [7, 11) is 0. The fraction of sp³-hybridized carbons (Fsp3) is 0.600. The molecular formula is C15H23NO. The molecule has 1 aromatic carbocycles. The molecular weight excluding hydrogens is 210 g/mol. The third-order valence-corrected chi connectivity index (χ3v) is 4.05. The van der Waals surface area contributed by atoms with Gasteiger partial charge in [-0.15, -0.1) is 0 Å². The molecule has 2 heteroatoms. The van der Waals surface area contributed by atoms with Crippen LogP contribution in [0.3, 0.4) is 0 Å². The average molecular weight is 233 g/mol. The van der Waals surface area contributed by atoms with Crippen molar-refractivity contribution in [2.45, 2.75) is 52.5 Å². The molecule has 1 atom stereocenters. The van der Waals surface area contributed by atoms with Crippen molar-refractivity contribution in [3.8, 4) is 5.75 Å². The largest absolute Gasteiger partial charge is 0.508 e. The fourth-order valence-corrected chi connectivity index (χ4v) is 2.76. The topological polar surface area (TPSA) is 32.3 Å². The Bertz CT molecular complexity index is 398. The summed E-state index contributed by atoms with van der Waals surface area (Å²) < 4.78 is 0. The summed E-state index contributed by atoms with van der Waals surface area (Å²) in [6.45, 7) is 6.73. The van der Waals surface area contributed by atoms with Gasteiger partial charge >= 0.3 is 0 Å². The zero-order chi connectivity index (χ0) is 12.5. The van der Waals surface area contributed by atoms with Crippen molar-refractivity contribution < 1.29 is 5.11 Å². The summed E-state index contributed by atoms with van der Waals surface area (Å²) in [4.78, 5) is 0. The summed E-state index contributed by atoms with van der Waals surface area (Å²) in [5.74, 6) is 0.343. The van der Waals surface area contributed by atoms with Gasteiger partial charge in [0.05, 0.1) is 0 Å². The van der Waals surface area contributed by atoms with E-state index >= 15 is 0 Å². The molecule has 0 saturated heterocycles. The lowest BCUT2D eigenvalue weighted by molar-refractivity contribution is 0.217. The first-order chi connectivity index (χ1) is 7.99. The van der Waals surface area contributed by atoms with E-state index < -0.39 is 0 Å². The van der Waals surface area contributed by atoms with Gasteiger partial charge in [0.25, 0.3) is 0 Å². The van der Waals surface area contributed by atoms with Gasteiger partial charge in [0.1, 0.15) is 5.75 Å². The van der Waals surface area contributed by atoms with Crippen LogP contribution in [0.25, 0.3) is 0 Å². The van der Waals surface area contributed by atoms with Crippen LogP contribution in [0, 0.1) is 12.3 Å². The zero-order valence-electron chi connectivity index (χ0n) is 11.1. The number of aryl methyl sites for hydroxylation is 1. The number of hydrogen-bond acceptors (Lipinski definition) is 2. The minimum absolute atomic E-state index is 0.343. The average Bonchev–Trinajstić information content (AvgIpc) is 2.24. The van der Waals surface area contributed by atoms with Crippen molar-refractivity contribution in [1.29, 1.82) is 0 Å². The number of phenols is 1. The molecule has 0 bridgehead atoms. The van der Waals surface area contributed by atoms with E-state index in [4.69, 9.17) is 0 Å². The summed E-state index contributed by atoms with van der Waals surface area (Å²) in [6.07, 6.45) is 5.20. The van der Waals surface area contributed by atoms with E-state index in [0.717, 1.165) is 11.3 Å². The Balaban J connectivity index is 2.14. The number of rotatable bonds is 2. The minimum Gasteiger partial charge on any atom is -0.508 e. The smallest absolute Gasteiger partial charge is 0.115 e. The van der Waals surface area contributed by atoms with Gasteiger partial charge in [0, 0.05) is 11.7 Å². The molecule has 1 aliphatic rings. The fourth-order valence-electron chi connectivity index (χ4n) is 2.76. The molecule has 0 heterocycles. The molecule has 0 aliphatic heterocycles. The molecule has 0 spiro atoms. The molecule has 2 nitrogen and oxygen atoms in total. The number of nitrogens with one attached hydrogen (secondary N) is 1. The van der Waals surface area contributed by atoms with Gasteiger partial charge in [-0.3, -0.25) is 0 Å². The van der Waals surface area contributed by atoms with E-state index in [1.54, 1.807) is 6.07 Å². The zero-order valence-corrected chi connectivity index (χ0v) is 11.1. The molecule has 1 fully saturated rings. The normalized spacial score (nSPS) is 23.4. The molecule has 17 heavy (non-hydrogen) atoms. The van der Waals surface area contributed by atoms with Crippen molar-refractivity contribution in [1.82, 2.24) is 0 Å². The first-order valence-corrected chi connectivity index (χ1v) is 6.55. The van der Waals surface area contributed by atoms with Crippen LogP contribution >= 0.6 is 0 Å². The minimum atomic E-state index is 0.343. The number of phenolic OH excluding ortho intramolecular Hbond substituents is 1. The van der Waals surface area contributed by atoms with E-state index in [2.05, 4.69) is 19.2 Å². The van der Waals surface area contributed by atoms with Gasteiger partial charge in [0.2, 0.25) is 0 Å². The Morgan fingerprint density at radius 2 is 2.06 bits per heavy atom. The van der Waals surface area contributed by atoms with Gasteiger partial charge in [0.15, 0.2) is 0 Å². The van der Waals surface area contributed by atoms with Crippen molar-refractivity contribution in [3.63, 3.8) is 0 Å². The molecule has 94 valence electrons. The third kappa shape index (κ3) is 2.74. The van der Waals surface area contributed by atoms with Crippen molar-refractivity contribution in [3.05, 3.63) is 23.8 Å². The lowest BCUT2D eigenvalue weighted by Crippen LogP contribution is -2.39. The summed E-state index contributed by atoms with van der Waals surface area (Å²) in [5, 5.41) is 13.1. The number of benzene rings is 1. The van der Waals surface area contributed by atoms with Crippen molar-refractivity contribution in [2.75, 3.05) is 5.32 Å². The van der Waals surface area contributed by atoms with Crippen LogP contribution in [0.5, 0.6) is 5.75 Å². The maximum absolute atomic E-state index is 9.42. The monoisotopic (exact) mass is 233 g/mol. The number of anilines is 1. The van der Waals surface area contributed by atoms with Gasteiger partial charge in [-0.25, -0.2) is 0 Å². The highest BCUT2D eigenvalue weighted by molar-refractivity contribution is 5.54. The Hall–Kier alpha value is -1.18. The van der Waals surface area contributed by atoms with Crippen LogP contribution in [0.2, 0.25) is 0 Å². The van der Waals surface area contributed by atoms with Gasteiger partial charge < -0.3 is 10.4 Å². The molecule has 2 rings (SSSR count). The first kappa shape index (κ1) is 12.3. The molecule has 2 N–H and O–H groups in total. The highest BCUT2D eigenvalue weighted by Crippen LogP contribution is 2.37. The van der Waals surface area contributed by atoms with E-state index in [-0.39, 0.29) is 0 Å². The second kappa shape index (κ2) is 4.59. The van der Waals surface area contributed by atoms with Crippen LogP contribution in [0.15, 0.2) is 18.2 Å². The molecule has 1 saturated carbocycles. The van der Waals surface area contributed by atoms with Crippen LogP contribution in [-0.2, 0) is 0 Å². The second-order valence-corrected chi connectivity index (χ2v) is 5.93. The predicted molar refractivity (Wildman–Crippen MR) is 72.5 cm³/mol. The lowest BCUT2D eigenvalue weighted by Gasteiger charge is -2.40. The van der Waals surface area contributed by atoms with E-state index in [9.17, 15) is 5.11 Å². The Labute approximate surface area is 104 Å². The summed E-state index contributed by atoms with van der Waals surface area (Å²) in [5.41, 5.74) is 2.64. The first-order valence-electron chi connectivity index (χ1n) is 6.55. The van der Waals surface area contributed by atoms with Gasteiger partial charge in [-0.1, -0.05) is 26.7 Å². The van der Waals surface area contributed by atoms with Crippen LogP contribution in [-0.4, -0.2) is 11.1 Å². The highest BCUT2D eigenvalue weighted by atomic mass is 16.3. The number of hydrogen-bond donors (Lipinski definition) is 2. The Kier molecular flexibility index (Phi) is 3.32. The van der Waals surface area contributed by atoms with Crippen molar-refractivity contribution >= 4 is 5.69 Å². The predicted octanol–water partition coefficient (Wildman–Crippen LogP) is 4.08. The number of aromatic hydroxyl groups is 1. The lowest BCUT2D eigenvalue weighted by atomic mass is 9.73. The third-order valence-electron chi connectivity index (χ3n) is 4.05. The van der Waals surface area contributed by atoms with Gasteiger partial charge in [-0.2, -0.15) is 0 Å². The Morgan fingerprint density at radius 1 is 1.29 bits per heavy atom. The maximum Gasteiger partial charge on any atom is 0.115 e. The Morgan fingerprint density at radius 3 is 2.71 bits per heavy atom.